The number of hydrogen-bond donors (Lipinski definition) is 2. The van der Waals surface area contributed by atoms with Gasteiger partial charge in [0.1, 0.15) is 6.04 Å². The SMILES string of the molecule is CN(C)CC(=O)N(N)C(=O)[C@H]1CC[C@H]2CN1C(=O)N2O. The van der Waals surface area contributed by atoms with Crippen LogP contribution in [-0.2, 0) is 9.59 Å². The summed E-state index contributed by atoms with van der Waals surface area (Å²) in [5.74, 6) is 4.40. The van der Waals surface area contributed by atoms with Crippen LogP contribution in [0.4, 0.5) is 4.79 Å². The maximum Gasteiger partial charge on any atom is 0.344 e. The van der Waals surface area contributed by atoms with Crippen molar-refractivity contribution in [2.24, 2.45) is 5.84 Å². The van der Waals surface area contributed by atoms with Gasteiger partial charge in [-0.15, -0.1) is 0 Å². The van der Waals surface area contributed by atoms with Crippen molar-refractivity contribution in [2.45, 2.75) is 24.9 Å². The number of amides is 4. The van der Waals surface area contributed by atoms with Gasteiger partial charge >= 0.3 is 6.03 Å². The van der Waals surface area contributed by atoms with Crippen LogP contribution >= 0.6 is 0 Å². The van der Waals surface area contributed by atoms with Crippen LogP contribution in [0.1, 0.15) is 12.8 Å². The van der Waals surface area contributed by atoms with Gasteiger partial charge in [0.15, 0.2) is 0 Å². The first-order valence-electron chi connectivity index (χ1n) is 6.38. The van der Waals surface area contributed by atoms with Crippen molar-refractivity contribution in [1.29, 1.82) is 0 Å². The van der Waals surface area contributed by atoms with Crippen molar-refractivity contribution < 1.29 is 19.6 Å². The number of carbonyl (C=O) groups excluding carboxylic acids is 3. The number of nitrogens with two attached hydrogens (primary N) is 1. The second-order valence-corrected chi connectivity index (χ2v) is 5.37. The van der Waals surface area contributed by atoms with Crippen LogP contribution in [0.2, 0.25) is 0 Å². The Kier molecular flexibility index (Phi) is 3.93. The fourth-order valence-corrected chi connectivity index (χ4v) is 2.54. The van der Waals surface area contributed by atoms with Crippen LogP contribution in [0.3, 0.4) is 0 Å². The number of hydrogen-bond acceptors (Lipinski definition) is 6. The molecule has 9 heteroatoms. The van der Waals surface area contributed by atoms with Crippen LogP contribution in [0, 0.1) is 0 Å². The van der Waals surface area contributed by atoms with E-state index in [2.05, 4.69) is 0 Å². The second kappa shape index (κ2) is 5.35. The molecule has 2 saturated heterocycles. The number of imide groups is 1. The summed E-state index contributed by atoms with van der Waals surface area (Å²) in [5.41, 5.74) is 0. The van der Waals surface area contributed by atoms with Crippen LogP contribution < -0.4 is 5.84 Å². The van der Waals surface area contributed by atoms with E-state index in [0.717, 1.165) is 0 Å². The molecule has 0 spiro atoms. The summed E-state index contributed by atoms with van der Waals surface area (Å²) in [6.45, 7) is 0.291. The number of urea groups is 1. The molecule has 0 aromatic heterocycles. The smallest absolute Gasteiger partial charge is 0.309 e. The van der Waals surface area contributed by atoms with Gasteiger partial charge in [-0.05, 0) is 26.9 Å². The standard InChI is InChI=1S/C11H19N5O4/c1-13(2)6-9(17)15(12)10(18)8-4-3-7-5-14(8)11(19)16(7)20/h7-8,20H,3-6,12H2,1-2H3/t7-,8+/m0/s1. The van der Waals surface area contributed by atoms with Gasteiger partial charge in [0.25, 0.3) is 11.8 Å². The fraction of sp³-hybridized carbons (Fsp3) is 0.727. The Balaban J connectivity index is 2.06. The molecule has 2 heterocycles. The minimum Gasteiger partial charge on any atom is -0.309 e. The van der Waals surface area contributed by atoms with E-state index in [1.165, 1.54) is 4.90 Å². The largest absolute Gasteiger partial charge is 0.344 e. The Labute approximate surface area is 116 Å². The van der Waals surface area contributed by atoms with E-state index >= 15 is 0 Å². The van der Waals surface area contributed by atoms with Gasteiger partial charge in [0.2, 0.25) is 0 Å². The number of rotatable bonds is 3. The first kappa shape index (κ1) is 14.7. The minimum atomic E-state index is -0.785. The Morgan fingerprint density at radius 2 is 2.05 bits per heavy atom. The molecule has 20 heavy (non-hydrogen) atoms. The molecule has 2 rings (SSSR count). The third-order valence-electron chi connectivity index (χ3n) is 3.59. The molecule has 0 aliphatic carbocycles. The van der Waals surface area contributed by atoms with Crippen molar-refractivity contribution >= 4 is 17.8 Å². The summed E-state index contributed by atoms with van der Waals surface area (Å²) in [6.07, 6.45) is 0.889. The lowest BCUT2D eigenvalue weighted by molar-refractivity contribution is -0.148. The number of piperidine rings is 1. The summed E-state index contributed by atoms with van der Waals surface area (Å²) >= 11 is 0. The molecule has 3 N–H and O–H groups in total. The number of hydroxylamine groups is 2. The van der Waals surface area contributed by atoms with Crippen molar-refractivity contribution in [2.75, 3.05) is 27.2 Å². The highest BCUT2D eigenvalue weighted by atomic mass is 16.5. The maximum absolute atomic E-state index is 12.2. The van der Waals surface area contributed by atoms with Gasteiger partial charge in [-0.25, -0.2) is 20.7 Å². The Bertz CT molecular complexity index is 441. The Morgan fingerprint density at radius 3 is 2.65 bits per heavy atom. The number of likely N-dealkylation sites (N-methyl/N-ethyl adjacent to an activating group) is 1. The summed E-state index contributed by atoms with van der Waals surface area (Å²) < 4.78 is 0. The van der Waals surface area contributed by atoms with Crippen molar-refractivity contribution in [3.8, 4) is 0 Å². The van der Waals surface area contributed by atoms with Gasteiger partial charge in [0, 0.05) is 6.54 Å². The molecule has 0 aromatic carbocycles. The molecular weight excluding hydrogens is 266 g/mol. The zero-order valence-corrected chi connectivity index (χ0v) is 11.5. The monoisotopic (exact) mass is 285 g/mol. The number of hydrazine groups is 1. The molecule has 0 unspecified atom stereocenters. The highest BCUT2D eigenvalue weighted by Gasteiger charge is 2.48. The third-order valence-corrected chi connectivity index (χ3v) is 3.59. The van der Waals surface area contributed by atoms with Crippen LogP contribution in [0.5, 0.6) is 0 Å². The maximum atomic E-state index is 12.2. The van der Waals surface area contributed by atoms with E-state index in [1.54, 1.807) is 19.0 Å². The molecule has 4 amide bonds. The van der Waals surface area contributed by atoms with E-state index in [4.69, 9.17) is 5.84 Å². The molecular formula is C11H19N5O4. The van der Waals surface area contributed by atoms with E-state index in [1.807, 2.05) is 0 Å². The molecule has 2 fully saturated rings. The zero-order valence-electron chi connectivity index (χ0n) is 11.5. The van der Waals surface area contributed by atoms with E-state index < -0.39 is 23.9 Å². The van der Waals surface area contributed by atoms with Gasteiger partial charge in [-0.1, -0.05) is 0 Å². The van der Waals surface area contributed by atoms with Gasteiger partial charge in [0.05, 0.1) is 12.6 Å². The summed E-state index contributed by atoms with van der Waals surface area (Å²) in [6, 6.07) is -1.68. The van der Waals surface area contributed by atoms with E-state index in [-0.39, 0.29) is 19.1 Å². The molecule has 2 aliphatic rings. The van der Waals surface area contributed by atoms with Crippen molar-refractivity contribution in [3.05, 3.63) is 0 Å². The number of nitrogens with zero attached hydrogens (tertiary/aromatic N) is 4. The van der Waals surface area contributed by atoms with Gasteiger partial charge in [-0.3, -0.25) is 14.8 Å². The molecule has 2 bridgehead atoms. The lowest BCUT2D eigenvalue weighted by Crippen LogP contribution is -2.56. The zero-order chi connectivity index (χ0) is 15.0. The van der Waals surface area contributed by atoms with E-state index in [0.29, 0.717) is 22.9 Å². The first-order chi connectivity index (χ1) is 9.32. The highest BCUT2D eigenvalue weighted by Crippen LogP contribution is 2.28. The Hall–Kier alpha value is -1.71. The second-order valence-electron chi connectivity index (χ2n) is 5.37. The number of carbonyl (C=O) groups is 3. The fourth-order valence-electron chi connectivity index (χ4n) is 2.54. The summed E-state index contributed by atoms with van der Waals surface area (Å²) in [7, 11) is 3.38. The average molecular weight is 285 g/mol. The van der Waals surface area contributed by atoms with Crippen LogP contribution in [-0.4, -0.2) is 82.2 Å². The lowest BCUT2D eigenvalue weighted by Gasteiger charge is -2.31. The van der Waals surface area contributed by atoms with E-state index in [9.17, 15) is 19.6 Å². The molecule has 2 atom stereocenters. The summed E-state index contributed by atoms with van der Waals surface area (Å²) in [5, 5.41) is 10.8. The van der Waals surface area contributed by atoms with Crippen molar-refractivity contribution in [3.63, 3.8) is 0 Å². The molecule has 9 nitrogen and oxygen atoms in total. The topological polar surface area (TPSA) is 110 Å². The van der Waals surface area contributed by atoms with Crippen molar-refractivity contribution in [1.82, 2.24) is 19.9 Å². The first-order valence-corrected chi connectivity index (χ1v) is 6.38. The average Bonchev–Trinajstić information content (AvgIpc) is 2.62. The Morgan fingerprint density at radius 1 is 1.40 bits per heavy atom. The molecule has 0 radical (unpaired) electrons. The third kappa shape index (κ3) is 2.47. The molecule has 112 valence electrons. The number of fused-ring (bicyclic) bond motifs is 2. The quantitative estimate of drug-likeness (QED) is 0.281. The van der Waals surface area contributed by atoms with Gasteiger partial charge in [-0.2, -0.15) is 0 Å². The molecule has 0 aromatic rings. The highest BCUT2D eigenvalue weighted by molar-refractivity contribution is 5.99. The molecule has 2 aliphatic heterocycles. The van der Waals surface area contributed by atoms with Crippen LogP contribution in [0.25, 0.3) is 0 Å². The van der Waals surface area contributed by atoms with Gasteiger partial charge < -0.3 is 9.80 Å². The lowest BCUT2D eigenvalue weighted by atomic mass is 10.00. The predicted octanol–water partition coefficient (Wildman–Crippen LogP) is -1.57. The predicted molar refractivity (Wildman–Crippen MR) is 67.1 cm³/mol. The molecule has 0 saturated carbocycles. The normalized spacial score (nSPS) is 25.4. The summed E-state index contributed by atoms with van der Waals surface area (Å²) in [4.78, 5) is 38.6. The van der Waals surface area contributed by atoms with Crippen LogP contribution in [0.15, 0.2) is 0 Å². The minimum absolute atomic E-state index is 0.0116.